The first-order chi connectivity index (χ1) is 13.3. The molecule has 0 saturated heterocycles. The molecule has 8 nitrogen and oxygen atoms in total. The van der Waals surface area contributed by atoms with E-state index in [1.807, 2.05) is 13.8 Å². The van der Waals surface area contributed by atoms with Crippen molar-refractivity contribution >= 4 is 15.9 Å². The summed E-state index contributed by atoms with van der Waals surface area (Å²) in [6.07, 6.45) is 3.35. The number of nitrogens with zero attached hydrogens (tertiary/aromatic N) is 2. The summed E-state index contributed by atoms with van der Waals surface area (Å²) < 4.78 is 33.1. The Morgan fingerprint density at radius 1 is 1.29 bits per heavy atom. The van der Waals surface area contributed by atoms with Crippen molar-refractivity contribution in [2.75, 3.05) is 7.11 Å². The Morgan fingerprint density at radius 2 is 2.04 bits per heavy atom. The average molecular weight is 407 g/mol. The summed E-state index contributed by atoms with van der Waals surface area (Å²) >= 11 is 0. The number of hydroxylamine groups is 1. The number of amides is 1. The van der Waals surface area contributed by atoms with Crippen LogP contribution in [-0.4, -0.2) is 42.0 Å². The van der Waals surface area contributed by atoms with Crippen LogP contribution in [0.2, 0.25) is 0 Å². The quantitative estimate of drug-likeness (QED) is 0.487. The summed E-state index contributed by atoms with van der Waals surface area (Å²) in [7, 11) is -2.63. The van der Waals surface area contributed by atoms with Crippen LogP contribution in [0.3, 0.4) is 0 Å². The minimum absolute atomic E-state index is 0.00441. The number of benzene rings is 1. The second kappa shape index (κ2) is 9.63. The van der Waals surface area contributed by atoms with Crippen LogP contribution in [0.15, 0.2) is 53.7 Å². The third kappa shape index (κ3) is 5.28. The van der Waals surface area contributed by atoms with Crippen molar-refractivity contribution in [1.82, 2.24) is 14.8 Å². The molecule has 2 rings (SSSR count). The fourth-order valence-corrected chi connectivity index (χ4v) is 4.43. The Labute approximate surface area is 165 Å². The summed E-state index contributed by atoms with van der Waals surface area (Å²) in [5, 5.41) is 9.20. The molecular weight excluding hydrogens is 382 g/mol. The van der Waals surface area contributed by atoms with Gasteiger partial charge in [0.25, 0.3) is 5.91 Å². The van der Waals surface area contributed by atoms with Crippen molar-refractivity contribution in [2.24, 2.45) is 5.92 Å². The van der Waals surface area contributed by atoms with Crippen molar-refractivity contribution in [2.45, 2.75) is 37.8 Å². The number of pyridine rings is 1. The lowest BCUT2D eigenvalue weighted by Gasteiger charge is -2.30. The van der Waals surface area contributed by atoms with Crippen LogP contribution in [0.5, 0.6) is 5.75 Å². The van der Waals surface area contributed by atoms with Crippen molar-refractivity contribution in [3.8, 4) is 5.75 Å². The lowest BCUT2D eigenvalue weighted by atomic mass is 10.0. The minimum atomic E-state index is -4.08. The van der Waals surface area contributed by atoms with E-state index in [9.17, 15) is 18.4 Å². The molecule has 1 atom stereocenters. The maximum absolute atomic E-state index is 13.4. The van der Waals surface area contributed by atoms with Crippen molar-refractivity contribution in [3.63, 3.8) is 0 Å². The normalized spacial score (nSPS) is 12.8. The second-order valence-electron chi connectivity index (χ2n) is 6.71. The highest BCUT2D eigenvalue weighted by atomic mass is 32.2. The van der Waals surface area contributed by atoms with Gasteiger partial charge >= 0.3 is 0 Å². The van der Waals surface area contributed by atoms with Crippen LogP contribution in [0, 0.1) is 5.92 Å². The topological polar surface area (TPSA) is 109 Å². The van der Waals surface area contributed by atoms with E-state index in [1.165, 1.54) is 25.4 Å². The fraction of sp³-hybridized carbons (Fsp3) is 0.368. The maximum Gasteiger partial charge on any atom is 0.261 e. The molecule has 0 saturated carbocycles. The molecule has 1 aromatic heterocycles. The standard InChI is InChI=1S/C19H25N3O5S/c1-14(2)10-18(19(23)21-24)22(13-15-6-5-9-20-12-15)28(25,26)17-8-4-7-16(11-17)27-3/h4-9,11-12,14,18,24H,10,13H2,1-3H3,(H,21,23)/t18-/m1/s1. The van der Waals surface area contributed by atoms with Gasteiger partial charge in [-0.25, -0.2) is 13.9 Å². The highest BCUT2D eigenvalue weighted by Crippen LogP contribution is 2.26. The number of rotatable bonds is 9. The molecule has 1 amide bonds. The Kier molecular flexibility index (Phi) is 7.50. The van der Waals surface area contributed by atoms with E-state index in [2.05, 4.69) is 4.98 Å². The number of hydrogen-bond acceptors (Lipinski definition) is 6. The lowest BCUT2D eigenvalue weighted by Crippen LogP contribution is -2.49. The van der Waals surface area contributed by atoms with Gasteiger partial charge in [-0.2, -0.15) is 4.31 Å². The molecule has 1 aromatic carbocycles. The molecule has 2 N–H and O–H groups in total. The first-order valence-corrected chi connectivity index (χ1v) is 10.2. The van der Waals surface area contributed by atoms with Gasteiger partial charge in [0, 0.05) is 25.0 Å². The summed E-state index contributed by atoms with van der Waals surface area (Å²) in [4.78, 5) is 16.4. The molecule has 0 aliphatic heterocycles. The van der Waals surface area contributed by atoms with Crippen molar-refractivity contribution in [3.05, 3.63) is 54.4 Å². The van der Waals surface area contributed by atoms with E-state index < -0.39 is 22.0 Å². The first kappa shape index (κ1) is 21.8. The van der Waals surface area contributed by atoms with Crippen LogP contribution in [0.1, 0.15) is 25.8 Å². The molecule has 1 heterocycles. The van der Waals surface area contributed by atoms with Gasteiger partial charge in [0.1, 0.15) is 11.8 Å². The van der Waals surface area contributed by atoms with E-state index in [4.69, 9.17) is 4.74 Å². The van der Waals surface area contributed by atoms with E-state index in [0.29, 0.717) is 11.3 Å². The molecule has 0 spiro atoms. The second-order valence-corrected chi connectivity index (χ2v) is 8.60. The van der Waals surface area contributed by atoms with E-state index in [0.717, 1.165) is 4.31 Å². The summed E-state index contributed by atoms with van der Waals surface area (Å²) in [6, 6.07) is 8.36. The SMILES string of the molecule is COc1cccc(S(=O)(=O)N(Cc2cccnc2)[C@H](CC(C)C)C(=O)NO)c1. The molecule has 0 fully saturated rings. The van der Waals surface area contributed by atoms with Gasteiger partial charge in [-0.3, -0.25) is 15.0 Å². The zero-order chi connectivity index (χ0) is 20.7. The number of ether oxygens (including phenoxy) is 1. The summed E-state index contributed by atoms with van der Waals surface area (Å²) in [6.45, 7) is 3.67. The molecular formula is C19H25N3O5S. The zero-order valence-corrected chi connectivity index (χ0v) is 16.9. The lowest BCUT2D eigenvalue weighted by molar-refractivity contribution is -0.133. The van der Waals surface area contributed by atoms with Crippen LogP contribution in [0.4, 0.5) is 0 Å². The van der Waals surface area contributed by atoms with Crippen molar-refractivity contribution in [1.29, 1.82) is 0 Å². The van der Waals surface area contributed by atoms with E-state index >= 15 is 0 Å². The largest absolute Gasteiger partial charge is 0.497 e. The number of carbonyl (C=O) groups is 1. The molecule has 9 heteroatoms. The Balaban J connectivity index is 2.55. The number of hydrogen-bond donors (Lipinski definition) is 2. The maximum atomic E-state index is 13.4. The number of nitrogens with one attached hydrogen (secondary N) is 1. The number of aromatic nitrogens is 1. The van der Waals surface area contributed by atoms with Gasteiger partial charge in [-0.15, -0.1) is 0 Å². The van der Waals surface area contributed by atoms with Gasteiger partial charge in [0.2, 0.25) is 10.0 Å². The fourth-order valence-electron chi connectivity index (χ4n) is 2.81. The molecule has 0 aliphatic carbocycles. The average Bonchev–Trinajstić information content (AvgIpc) is 2.70. The number of sulfonamides is 1. The van der Waals surface area contributed by atoms with Gasteiger partial charge in [-0.05, 0) is 36.1 Å². The highest BCUT2D eigenvalue weighted by Gasteiger charge is 2.36. The van der Waals surface area contributed by atoms with E-state index in [-0.39, 0.29) is 23.8 Å². The van der Waals surface area contributed by atoms with Gasteiger partial charge in [0.15, 0.2) is 0 Å². The Morgan fingerprint density at radius 3 is 2.61 bits per heavy atom. The molecule has 152 valence electrons. The molecule has 0 unspecified atom stereocenters. The van der Waals surface area contributed by atoms with Crippen LogP contribution in [0.25, 0.3) is 0 Å². The van der Waals surface area contributed by atoms with Crippen molar-refractivity contribution < 1.29 is 23.2 Å². The van der Waals surface area contributed by atoms with Gasteiger partial charge in [-0.1, -0.05) is 26.0 Å². The Bertz CT molecular complexity index is 887. The molecule has 0 radical (unpaired) electrons. The highest BCUT2D eigenvalue weighted by molar-refractivity contribution is 7.89. The summed E-state index contributed by atoms with van der Waals surface area (Å²) in [5.74, 6) is -0.391. The third-order valence-electron chi connectivity index (χ3n) is 4.16. The first-order valence-electron chi connectivity index (χ1n) is 8.78. The zero-order valence-electron chi connectivity index (χ0n) is 16.1. The number of methoxy groups -OCH3 is 1. The van der Waals surface area contributed by atoms with Crippen LogP contribution >= 0.6 is 0 Å². The summed E-state index contributed by atoms with van der Waals surface area (Å²) in [5.41, 5.74) is 2.22. The number of carbonyl (C=O) groups excluding carboxylic acids is 1. The smallest absolute Gasteiger partial charge is 0.261 e. The molecule has 0 aliphatic rings. The molecule has 28 heavy (non-hydrogen) atoms. The monoisotopic (exact) mass is 407 g/mol. The third-order valence-corrected chi connectivity index (χ3v) is 6.01. The molecule has 0 bridgehead atoms. The Hall–Kier alpha value is -2.49. The predicted octanol–water partition coefficient (Wildman–Crippen LogP) is 2.20. The van der Waals surface area contributed by atoms with E-state index in [1.54, 1.807) is 35.9 Å². The van der Waals surface area contributed by atoms with Crippen LogP contribution in [-0.2, 0) is 21.4 Å². The van der Waals surface area contributed by atoms with Gasteiger partial charge < -0.3 is 4.74 Å². The van der Waals surface area contributed by atoms with Gasteiger partial charge in [0.05, 0.1) is 12.0 Å². The predicted molar refractivity (Wildman–Crippen MR) is 103 cm³/mol. The van der Waals surface area contributed by atoms with Crippen LogP contribution < -0.4 is 10.2 Å². The minimum Gasteiger partial charge on any atom is -0.497 e. The molecule has 2 aromatic rings.